The molecule has 4 heterocycles. The first kappa shape index (κ1) is 30.8. The van der Waals surface area contributed by atoms with E-state index in [2.05, 4.69) is 82.4 Å². The number of likely N-dealkylation sites (tertiary alicyclic amines) is 2. The summed E-state index contributed by atoms with van der Waals surface area (Å²) in [5, 5.41) is 0. The van der Waals surface area contributed by atoms with E-state index in [1.165, 1.54) is 51.6 Å². The monoisotopic (exact) mass is 470 g/mol. The van der Waals surface area contributed by atoms with Crippen molar-refractivity contribution in [1.29, 1.82) is 0 Å². The van der Waals surface area contributed by atoms with E-state index >= 15 is 0 Å². The molecule has 6 nitrogen and oxygen atoms in total. The molecule has 33 heavy (non-hydrogen) atoms. The molecule has 0 aromatic carbocycles. The summed E-state index contributed by atoms with van der Waals surface area (Å²) in [7, 11) is 8.69. The molecule has 0 N–H and O–H groups in total. The van der Waals surface area contributed by atoms with E-state index in [1.54, 1.807) is 0 Å². The second-order valence-corrected chi connectivity index (χ2v) is 11.0. The molecule has 198 valence electrons. The molecule has 4 aliphatic heterocycles. The Bertz CT molecular complexity index is 378. The molecule has 0 spiro atoms. The van der Waals surface area contributed by atoms with Gasteiger partial charge in [-0.2, -0.15) is 0 Å². The number of rotatable bonds is 0. The topological polar surface area (TPSA) is 31.4 Å². The van der Waals surface area contributed by atoms with Crippen LogP contribution < -0.4 is 0 Å². The summed E-state index contributed by atoms with van der Waals surface area (Å²) in [6.45, 7) is 18.7. The number of likely N-dealkylation sites (N-methyl/N-ethyl adjacent to an activating group) is 2. The van der Waals surface area contributed by atoms with Crippen LogP contribution in [0.2, 0.25) is 0 Å². The molecule has 0 aromatic heterocycles. The first-order valence-corrected chi connectivity index (χ1v) is 13.6. The van der Waals surface area contributed by atoms with E-state index in [-0.39, 0.29) is 0 Å². The van der Waals surface area contributed by atoms with E-state index in [9.17, 15) is 0 Å². The Labute approximate surface area is 206 Å². The van der Waals surface area contributed by atoms with E-state index in [4.69, 9.17) is 9.47 Å². The quantitative estimate of drug-likeness (QED) is 0.531. The molecule has 0 aliphatic carbocycles. The zero-order valence-electron chi connectivity index (χ0n) is 23.7. The predicted molar refractivity (Wildman–Crippen MR) is 142 cm³/mol. The number of piperidine rings is 2. The highest BCUT2D eigenvalue weighted by Gasteiger charge is 2.18. The molecule has 6 heteroatoms. The van der Waals surface area contributed by atoms with Gasteiger partial charge in [0.05, 0.1) is 25.4 Å². The van der Waals surface area contributed by atoms with E-state index in [1.807, 2.05) is 0 Å². The van der Waals surface area contributed by atoms with Gasteiger partial charge in [-0.15, -0.1) is 0 Å². The van der Waals surface area contributed by atoms with E-state index in [0.29, 0.717) is 18.2 Å². The lowest BCUT2D eigenvalue weighted by Gasteiger charge is -2.32. The van der Waals surface area contributed by atoms with Crippen molar-refractivity contribution < 1.29 is 9.47 Å². The van der Waals surface area contributed by atoms with Crippen LogP contribution in [0.5, 0.6) is 0 Å². The smallest absolute Gasteiger partial charge is 0.0678 e. The van der Waals surface area contributed by atoms with Crippen molar-refractivity contribution in [3.63, 3.8) is 0 Å². The van der Waals surface area contributed by atoms with Crippen molar-refractivity contribution in [3.05, 3.63) is 0 Å². The highest BCUT2D eigenvalue weighted by atomic mass is 16.5. The van der Waals surface area contributed by atoms with Gasteiger partial charge >= 0.3 is 0 Å². The van der Waals surface area contributed by atoms with Gasteiger partial charge in [-0.05, 0) is 102 Å². The fraction of sp³-hybridized carbons (Fsp3) is 1.00. The zero-order chi connectivity index (χ0) is 24.8. The molecule has 4 aliphatic rings. The maximum atomic E-state index is 5.51. The van der Waals surface area contributed by atoms with E-state index in [0.717, 1.165) is 44.9 Å². The van der Waals surface area contributed by atoms with Crippen LogP contribution >= 0.6 is 0 Å². The van der Waals surface area contributed by atoms with Crippen molar-refractivity contribution >= 4 is 0 Å². The molecule has 0 unspecified atom stereocenters. The Morgan fingerprint density at radius 1 is 0.576 bits per heavy atom. The Kier molecular flexibility index (Phi) is 16.1. The van der Waals surface area contributed by atoms with Crippen molar-refractivity contribution in [1.82, 2.24) is 19.6 Å². The standard InChI is InChI=1S/C7H15NO.2C7H15N.C6H13NO/c1-6-4-8(3)5-7(2)9-6;2*1-7-5-3-4-6-8(7)2;1-6-5-8-4-3-7(6)2/h6-7H,4-5H2,1-3H3;2*7H,3-6H2,1-2H3;6H,3-5H2,1-2H3/t6-,7+;2*7-;6-/m.100/s1. The molecule has 4 fully saturated rings. The second-order valence-electron chi connectivity index (χ2n) is 11.0. The number of morpholine rings is 2. The van der Waals surface area contributed by atoms with Gasteiger partial charge in [-0.3, -0.25) is 4.90 Å². The normalized spacial score (nSPS) is 34.6. The van der Waals surface area contributed by atoms with Crippen LogP contribution in [0.4, 0.5) is 0 Å². The summed E-state index contributed by atoms with van der Waals surface area (Å²) in [5.41, 5.74) is 0. The molecule has 0 aromatic rings. The molecule has 5 atom stereocenters. The Morgan fingerprint density at radius 3 is 1.30 bits per heavy atom. The molecule has 0 radical (unpaired) electrons. The Morgan fingerprint density at radius 2 is 1.03 bits per heavy atom. The van der Waals surface area contributed by atoms with Crippen molar-refractivity contribution in [2.24, 2.45) is 0 Å². The lowest BCUT2D eigenvalue weighted by atomic mass is 10.1. The minimum atomic E-state index is 0.416. The summed E-state index contributed by atoms with van der Waals surface area (Å²) >= 11 is 0. The van der Waals surface area contributed by atoms with Gasteiger partial charge < -0.3 is 24.2 Å². The van der Waals surface area contributed by atoms with Crippen LogP contribution in [0.3, 0.4) is 0 Å². The van der Waals surface area contributed by atoms with Crippen molar-refractivity contribution in [2.45, 2.75) is 103 Å². The van der Waals surface area contributed by atoms with Crippen molar-refractivity contribution in [2.75, 3.05) is 74.1 Å². The third kappa shape index (κ3) is 14.0. The summed E-state index contributed by atoms with van der Waals surface area (Å²) in [6, 6.07) is 2.29. The summed E-state index contributed by atoms with van der Waals surface area (Å²) in [5.74, 6) is 0. The Hall–Kier alpha value is -0.240. The number of hydrogen-bond acceptors (Lipinski definition) is 6. The lowest BCUT2D eigenvalue weighted by molar-refractivity contribution is -0.0602. The molecule has 0 bridgehead atoms. The van der Waals surface area contributed by atoms with Crippen LogP contribution in [0, 0.1) is 0 Å². The largest absolute Gasteiger partial charge is 0.379 e. The SMILES string of the molecule is C[C@@H]1CCCCN1C.C[C@@H]1CN(C)C[C@H](C)O1.C[C@H]1CCCCN1C.C[C@H]1COCCN1C. The minimum Gasteiger partial charge on any atom is -0.379 e. The second kappa shape index (κ2) is 17.2. The first-order chi connectivity index (χ1) is 15.6. The molecule has 0 amide bonds. The van der Waals surface area contributed by atoms with Crippen LogP contribution in [0.1, 0.15) is 73.1 Å². The lowest BCUT2D eigenvalue weighted by Crippen LogP contribution is -2.42. The average Bonchev–Trinajstić information content (AvgIpc) is 2.75. The zero-order valence-corrected chi connectivity index (χ0v) is 23.7. The molecule has 4 rings (SSSR count). The van der Waals surface area contributed by atoms with Gasteiger partial charge in [-0.25, -0.2) is 0 Å². The van der Waals surface area contributed by atoms with Crippen LogP contribution in [-0.4, -0.2) is 124 Å². The maximum Gasteiger partial charge on any atom is 0.0678 e. The predicted octanol–water partition coefficient (Wildman–Crippen LogP) is 4.04. The first-order valence-electron chi connectivity index (χ1n) is 13.6. The summed E-state index contributed by atoms with van der Waals surface area (Å²) in [6.07, 6.45) is 9.31. The van der Waals surface area contributed by atoms with Gasteiger partial charge in [0.25, 0.3) is 0 Å². The van der Waals surface area contributed by atoms with Gasteiger partial charge in [0.1, 0.15) is 0 Å². The van der Waals surface area contributed by atoms with Gasteiger partial charge in [0.2, 0.25) is 0 Å². The molecular weight excluding hydrogens is 412 g/mol. The minimum absolute atomic E-state index is 0.416. The Balaban J connectivity index is 0.000000220. The number of nitrogens with zero attached hydrogens (tertiary/aromatic N) is 4. The fourth-order valence-corrected chi connectivity index (χ4v) is 4.73. The van der Waals surface area contributed by atoms with Crippen LogP contribution in [-0.2, 0) is 9.47 Å². The van der Waals surface area contributed by atoms with Gasteiger partial charge in [0, 0.05) is 37.8 Å². The molecule has 0 saturated carbocycles. The van der Waals surface area contributed by atoms with Gasteiger partial charge in [0.15, 0.2) is 0 Å². The number of hydrogen-bond donors (Lipinski definition) is 0. The van der Waals surface area contributed by atoms with Crippen LogP contribution in [0.25, 0.3) is 0 Å². The van der Waals surface area contributed by atoms with Crippen LogP contribution in [0.15, 0.2) is 0 Å². The average molecular weight is 471 g/mol. The highest BCUT2D eigenvalue weighted by Crippen LogP contribution is 2.14. The molecular formula is C27H58N4O2. The third-order valence-electron chi connectivity index (χ3n) is 7.57. The molecule has 4 saturated heterocycles. The maximum absolute atomic E-state index is 5.51. The fourth-order valence-electron chi connectivity index (χ4n) is 4.73. The van der Waals surface area contributed by atoms with Gasteiger partial charge in [-0.1, -0.05) is 12.8 Å². The summed E-state index contributed by atoms with van der Waals surface area (Å²) in [4.78, 5) is 9.48. The van der Waals surface area contributed by atoms with Crippen molar-refractivity contribution in [3.8, 4) is 0 Å². The highest BCUT2D eigenvalue weighted by molar-refractivity contribution is 4.70. The summed E-state index contributed by atoms with van der Waals surface area (Å²) < 4.78 is 10.7. The number of ether oxygens (including phenoxy) is 2. The third-order valence-corrected chi connectivity index (χ3v) is 7.57. The van der Waals surface area contributed by atoms with E-state index < -0.39 is 0 Å².